The predicted molar refractivity (Wildman–Crippen MR) is 88.3 cm³/mol. The van der Waals surface area contributed by atoms with Gasteiger partial charge in [0.15, 0.2) is 0 Å². The molecule has 1 aromatic carbocycles. The Morgan fingerprint density at radius 3 is 2.77 bits per heavy atom. The highest BCUT2D eigenvalue weighted by Gasteiger charge is 2.15. The number of pyridine rings is 1. The topological polar surface area (TPSA) is 45.2 Å². The molecule has 1 aliphatic heterocycles. The van der Waals surface area contributed by atoms with Crippen LogP contribution in [0.3, 0.4) is 0 Å². The first-order chi connectivity index (χ1) is 10.7. The molecule has 1 N–H and O–H groups in total. The molecular weight excluding hydrogens is 298 g/mol. The van der Waals surface area contributed by atoms with Crippen molar-refractivity contribution in [3.8, 4) is 0 Å². The Bertz CT molecular complexity index is 668. The molecule has 0 atom stereocenters. The molecule has 1 amide bonds. The fourth-order valence-corrected chi connectivity index (χ4v) is 2.83. The van der Waals surface area contributed by atoms with Crippen molar-refractivity contribution in [2.45, 2.75) is 19.4 Å². The largest absolute Gasteiger partial charge is 0.371 e. The second kappa shape index (κ2) is 6.79. The molecule has 2 aromatic rings. The van der Waals surface area contributed by atoms with Crippen molar-refractivity contribution in [2.24, 2.45) is 0 Å². The van der Waals surface area contributed by atoms with Crippen molar-refractivity contribution in [2.75, 3.05) is 18.0 Å². The van der Waals surface area contributed by atoms with E-state index in [0.29, 0.717) is 17.3 Å². The van der Waals surface area contributed by atoms with E-state index in [1.165, 1.54) is 12.8 Å². The standard InChI is InChI=1S/C17H18ClN3O/c18-15-6-2-1-5-13(15)12-20-17(22)16-11-14(7-8-19-16)21-9-3-4-10-21/h1-2,5-8,11H,3-4,9-10,12H2,(H,20,22). The van der Waals surface area contributed by atoms with Crippen LogP contribution in [0.15, 0.2) is 42.6 Å². The first-order valence-electron chi connectivity index (χ1n) is 7.46. The molecule has 114 valence electrons. The number of benzene rings is 1. The maximum Gasteiger partial charge on any atom is 0.270 e. The van der Waals surface area contributed by atoms with Gasteiger partial charge in [-0.25, -0.2) is 0 Å². The summed E-state index contributed by atoms with van der Waals surface area (Å²) in [5, 5.41) is 3.52. The normalized spacial score (nSPS) is 14.1. The van der Waals surface area contributed by atoms with E-state index < -0.39 is 0 Å². The van der Waals surface area contributed by atoms with E-state index in [0.717, 1.165) is 24.3 Å². The molecule has 2 heterocycles. The summed E-state index contributed by atoms with van der Waals surface area (Å²) in [6.45, 7) is 2.49. The van der Waals surface area contributed by atoms with Crippen molar-refractivity contribution in [3.05, 3.63) is 58.9 Å². The Hall–Kier alpha value is -2.07. The zero-order valence-electron chi connectivity index (χ0n) is 12.3. The minimum Gasteiger partial charge on any atom is -0.371 e. The first-order valence-corrected chi connectivity index (χ1v) is 7.84. The van der Waals surface area contributed by atoms with Crippen LogP contribution in [0.25, 0.3) is 0 Å². The first kappa shape index (κ1) is 14.9. The average Bonchev–Trinajstić information content (AvgIpc) is 3.08. The Morgan fingerprint density at radius 2 is 2.00 bits per heavy atom. The fraction of sp³-hybridized carbons (Fsp3) is 0.294. The molecule has 0 aliphatic carbocycles. The highest BCUT2D eigenvalue weighted by atomic mass is 35.5. The summed E-state index contributed by atoms with van der Waals surface area (Å²) >= 11 is 6.09. The summed E-state index contributed by atoms with van der Waals surface area (Å²) in [5.74, 6) is -0.180. The predicted octanol–water partition coefficient (Wildman–Crippen LogP) is 3.27. The Balaban J connectivity index is 1.67. The van der Waals surface area contributed by atoms with E-state index >= 15 is 0 Å². The maximum absolute atomic E-state index is 12.3. The molecule has 4 nitrogen and oxygen atoms in total. The van der Waals surface area contributed by atoms with Gasteiger partial charge in [0, 0.05) is 36.5 Å². The van der Waals surface area contributed by atoms with Gasteiger partial charge in [0.05, 0.1) is 0 Å². The highest BCUT2D eigenvalue weighted by molar-refractivity contribution is 6.31. The van der Waals surface area contributed by atoms with E-state index in [9.17, 15) is 4.79 Å². The van der Waals surface area contributed by atoms with Gasteiger partial charge in [-0.1, -0.05) is 29.8 Å². The number of hydrogen-bond acceptors (Lipinski definition) is 3. The summed E-state index contributed by atoms with van der Waals surface area (Å²) in [5.41, 5.74) is 2.40. The molecule has 0 spiro atoms. The van der Waals surface area contributed by atoms with Gasteiger partial charge in [-0.2, -0.15) is 0 Å². The maximum atomic E-state index is 12.3. The van der Waals surface area contributed by atoms with Crippen LogP contribution in [-0.4, -0.2) is 24.0 Å². The highest BCUT2D eigenvalue weighted by Crippen LogP contribution is 2.20. The quantitative estimate of drug-likeness (QED) is 0.942. The number of aromatic nitrogens is 1. The Morgan fingerprint density at radius 1 is 1.23 bits per heavy atom. The van der Waals surface area contributed by atoms with Gasteiger partial charge in [-0.05, 0) is 36.6 Å². The fourth-order valence-electron chi connectivity index (χ4n) is 2.62. The van der Waals surface area contributed by atoms with Gasteiger partial charge in [0.2, 0.25) is 0 Å². The monoisotopic (exact) mass is 315 g/mol. The van der Waals surface area contributed by atoms with Crippen LogP contribution in [0.1, 0.15) is 28.9 Å². The summed E-state index contributed by atoms with van der Waals surface area (Å²) in [6.07, 6.45) is 4.10. The molecule has 0 saturated carbocycles. The number of hydrogen-bond donors (Lipinski definition) is 1. The summed E-state index contributed by atoms with van der Waals surface area (Å²) < 4.78 is 0. The smallest absolute Gasteiger partial charge is 0.270 e. The SMILES string of the molecule is O=C(NCc1ccccc1Cl)c1cc(N2CCCC2)ccn1. The van der Waals surface area contributed by atoms with E-state index in [-0.39, 0.29) is 5.91 Å². The molecule has 0 bridgehead atoms. The van der Waals surface area contributed by atoms with Gasteiger partial charge in [0.25, 0.3) is 5.91 Å². The van der Waals surface area contributed by atoms with Gasteiger partial charge < -0.3 is 10.2 Å². The lowest BCUT2D eigenvalue weighted by molar-refractivity contribution is 0.0946. The lowest BCUT2D eigenvalue weighted by Crippen LogP contribution is -2.25. The number of nitrogens with zero attached hydrogens (tertiary/aromatic N) is 2. The molecule has 0 unspecified atom stereocenters. The number of rotatable bonds is 4. The van der Waals surface area contributed by atoms with Crippen molar-refractivity contribution < 1.29 is 4.79 Å². The van der Waals surface area contributed by atoms with Crippen molar-refractivity contribution in [1.29, 1.82) is 0 Å². The van der Waals surface area contributed by atoms with Crippen LogP contribution in [0.5, 0.6) is 0 Å². The minimum atomic E-state index is -0.180. The molecule has 5 heteroatoms. The summed E-state index contributed by atoms with van der Waals surface area (Å²) in [7, 11) is 0. The van der Waals surface area contributed by atoms with Crippen LogP contribution in [0.4, 0.5) is 5.69 Å². The number of amides is 1. The van der Waals surface area contributed by atoms with Gasteiger partial charge in [-0.15, -0.1) is 0 Å². The Kier molecular flexibility index (Phi) is 4.59. The number of nitrogens with one attached hydrogen (secondary N) is 1. The van der Waals surface area contributed by atoms with E-state index in [4.69, 9.17) is 11.6 Å². The van der Waals surface area contributed by atoms with Crippen molar-refractivity contribution >= 4 is 23.2 Å². The number of carbonyl (C=O) groups excluding carboxylic acids is 1. The zero-order chi connectivity index (χ0) is 15.4. The average molecular weight is 316 g/mol. The third-order valence-corrected chi connectivity index (χ3v) is 4.21. The van der Waals surface area contributed by atoms with E-state index in [1.807, 2.05) is 36.4 Å². The van der Waals surface area contributed by atoms with E-state index in [1.54, 1.807) is 6.20 Å². The Labute approximate surface area is 135 Å². The second-order valence-electron chi connectivity index (χ2n) is 5.37. The summed E-state index contributed by atoms with van der Waals surface area (Å²) in [4.78, 5) is 18.7. The van der Waals surface area contributed by atoms with Gasteiger partial charge >= 0.3 is 0 Å². The van der Waals surface area contributed by atoms with Gasteiger partial charge in [-0.3, -0.25) is 9.78 Å². The third-order valence-electron chi connectivity index (χ3n) is 3.84. The lowest BCUT2D eigenvalue weighted by atomic mass is 10.2. The number of carbonyl (C=O) groups is 1. The molecule has 1 aromatic heterocycles. The van der Waals surface area contributed by atoms with Crippen LogP contribution in [0.2, 0.25) is 5.02 Å². The van der Waals surface area contributed by atoms with E-state index in [2.05, 4.69) is 15.2 Å². The van der Waals surface area contributed by atoms with Crippen LogP contribution >= 0.6 is 11.6 Å². The van der Waals surface area contributed by atoms with Crippen molar-refractivity contribution in [1.82, 2.24) is 10.3 Å². The molecular formula is C17H18ClN3O. The lowest BCUT2D eigenvalue weighted by Gasteiger charge is -2.17. The summed E-state index contributed by atoms with van der Waals surface area (Å²) in [6, 6.07) is 11.3. The van der Waals surface area contributed by atoms with Crippen LogP contribution < -0.4 is 10.2 Å². The molecule has 22 heavy (non-hydrogen) atoms. The zero-order valence-corrected chi connectivity index (χ0v) is 13.0. The number of halogens is 1. The van der Waals surface area contributed by atoms with Crippen LogP contribution in [0, 0.1) is 0 Å². The molecule has 1 fully saturated rings. The molecule has 1 saturated heterocycles. The second-order valence-corrected chi connectivity index (χ2v) is 5.77. The molecule has 1 aliphatic rings. The number of anilines is 1. The molecule has 3 rings (SSSR count). The van der Waals surface area contributed by atoms with Crippen LogP contribution in [-0.2, 0) is 6.54 Å². The third kappa shape index (κ3) is 3.39. The van der Waals surface area contributed by atoms with Gasteiger partial charge in [0.1, 0.15) is 5.69 Å². The van der Waals surface area contributed by atoms with Crippen molar-refractivity contribution in [3.63, 3.8) is 0 Å². The molecule has 0 radical (unpaired) electrons. The minimum absolute atomic E-state index is 0.180.